The smallest absolute Gasteiger partial charge is 0.243 e. The van der Waals surface area contributed by atoms with Crippen LogP contribution in [-0.2, 0) is 10.0 Å². The molecular formula is C16H17FN2O3S. The Hall–Kier alpha value is -2.12. The minimum atomic E-state index is -3.56. The van der Waals surface area contributed by atoms with Crippen molar-refractivity contribution in [1.29, 1.82) is 0 Å². The Morgan fingerprint density at radius 3 is 2.00 bits per heavy atom. The highest BCUT2D eigenvalue weighted by atomic mass is 32.2. The van der Waals surface area contributed by atoms with Crippen molar-refractivity contribution in [2.75, 3.05) is 31.1 Å². The normalized spacial score (nSPS) is 16.5. The van der Waals surface area contributed by atoms with Gasteiger partial charge in [0.05, 0.1) is 4.90 Å². The fraction of sp³-hybridized carbons (Fsp3) is 0.250. The Balaban J connectivity index is 1.70. The van der Waals surface area contributed by atoms with Gasteiger partial charge in [0.2, 0.25) is 10.0 Å². The Labute approximate surface area is 134 Å². The van der Waals surface area contributed by atoms with Gasteiger partial charge in [-0.25, -0.2) is 12.8 Å². The summed E-state index contributed by atoms with van der Waals surface area (Å²) in [5, 5.41) is 9.27. The molecule has 0 spiro atoms. The number of phenols is 1. The second kappa shape index (κ2) is 6.17. The molecule has 7 heteroatoms. The molecule has 0 aromatic heterocycles. The summed E-state index contributed by atoms with van der Waals surface area (Å²) in [5.74, 6) is -0.257. The van der Waals surface area contributed by atoms with Crippen molar-refractivity contribution in [2.45, 2.75) is 4.90 Å². The van der Waals surface area contributed by atoms with E-state index in [2.05, 4.69) is 0 Å². The number of nitrogens with zero attached hydrogens (tertiary/aromatic N) is 2. The van der Waals surface area contributed by atoms with Crippen LogP contribution in [0.15, 0.2) is 53.4 Å². The summed E-state index contributed by atoms with van der Waals surface area (Å²) in [5.41, 5.74) is 0.882. The first-order valence-corrected chi connectivity index (χ1v) is 8.70. The van der Waals surface area contributed by atoms with Crippen molar-refractivity contribution < 1.29 is 17.9 Å². The lowest BCUT2D eigenvalue weighted by Crippen LogP contribution is -2.48. The first-order valence-electron chi connectivity index (χ1n) is 7.26. The lowest BCUT2D eigenvalue weighted by atomic mass is 10.2. The van der Waals surface area contributed by atoms with Crippen LogP contribution in [0, 0.1) is 5.82 Å². The third-order valence-electron chi connectivity index (χ3n) is 3.90. The highest BCUT2D eigenvalue weighted by molar-refractivity contribution is 7.89. The average molecular weight is 336 g/mol. The molecule has 0 atom stereocenters. The average Bonchev–Trinajstić information content (AvgIpc) is 2.56. The van der Waals surface area contributed by atoms with Crippen LogP contribution >= 0.6 is 0 Å². The maximum Gasteiger partial charge on any atom is 0.243 e. The van der Waals surface area contributed by atoms with Crippen molar-refractivity contribution >= 4 is 15.7 Å². The van der Waals surface area contributed by atoms with E-state index in [1.165, 1.54) is 40.7 Å². The van der Waals surface area contributed by atoms with Crippen LogP contribution in [0.2, 0.25) is 0 Å². The maximum atomic E-state index is 13.0. The molecule has 2 aromatic rings. The molecule has 0 saturated carbocycles. The summed E-state index contributed by atoms with van der Waals surface area (Å²) >= 11 is 0. The molecule has 0 bridgehead atoms. The van der Waals surface area contributed by atoms with E-state index < -0.39 is 10.0 Å². The standard InChI is InChI=1S/C16H17FN2O3S/c17-13-1-3-14(4-2-13)18-9-11-19(12-10-18)23(21,22)16-7-5-15(20)6-8-16/h1-8,20H,9-12H2. The van der Waals surface area contributed by atoms with Gasteiger partial charge in [-0.05, 0) is 48.5 Å². The quantitative estimate of drug-likeness (QED) is 0.932. The molecule has 5 nitrogen and oxygen atoms in total. The number of benzene rings is 2. The number of halogens is 1. The molecule has 1 aliphatic heterocycles. The van der Waals surface area contributed by atoms with Gasteiger partial charge in [0.1, 0.15) is 11.6 Å². The van der Waals surface area contributed by atoms with E-state index in [1.54, 1.807) is 12.1 Å². The van der Waals surface area contributed by atoms with Gasteiger partial charge >= 0.3 is 0 Å². The molecule has 0 unspecified atom stereocenters. The van der Waals surface area contributed by atoms with Crippen LogP contribution in [0.3, 0.4) is 0 Å². The zero-order valence-corrected chi connectivity index (χ0v) is 13.2. The van der Waals surface area contributed by atoms with Crippen molar-refractivity contribution in [3.05, 3.63) is 54.3 Å². The summed E-state index contributed by atoms with van der Waals surface area (Å²) in [7, 11) is -3.56. The monoisotopic (exact) mass is 336 g/mol. The predicted molar refractivity (Wildman–Crippen MR) is 85.5 cm³/mol. The van der Waals surface area contributed by atoms with Crippen LogP contribution in [0.4, 0.5) is 10.1 Å². The highest BCUT2D eigenvalue weighted by Gasteiger charge is 2.28. The summed E-state index contributed by atoms with van der Waals surface area (Å²) in [4.78, 5) is 2.20. The largest absolute Gasteiger partial charge is 0.508 e. The highest BCUT2D eigenvalue weighted by Crippen LogP contribution is 2.22. The van der Waals surface area contributed by atoms with E-state index in [4.69, 9.17) is 0 Å². The number of rotatable bonds is 3. The number of hydrogen-bond donors (Lipinski definition) is 1. The van der Waals surface area contributed by atoms with Crippen LogP contribution in [0.5, 0.6) is 5.75 Å². The van der Waals surface area contributed by atoms with E-state index in [1.807, 2.05) is 4.90 Å². The van der Waals surface area contributed by atoms with Gasteiger partial charge in [0, 0.05) is 31.9 Å². The molecule has 1 aliphatic rings. The SMILES string of the molecule is O=S(=O)(c1ccc(O)cc1)N1CCN(c2ccc(F)cc2)CC1. The molecule has 1 saturated heterocycles. The molecule has 2 aromatic carbocycles. The summed E-state index contributed by atoms with van der Waals surface area (Å²) in [6.07, 6.45) is 0. The molecule has 23 heavy (non-hydrogen) atoms. The zero-order valence-electron chi connectivity index (χ0n) is 12.4. The predicted octanol–water partition coefficient (Wildman–Crippen LogP) is 2.04. The topological polar surface area (TPSA) is 60.9 Å². The Bertz CT molecular complexity index is 768. The van der Waals surface area contributed by atoms with Crippen molar-refractivity contribution in [2.24, 2.45) is 0 Å². The lowest BCUT2D eigenvalue weighted by Gasteiger charge is -2.35. The number of aromatic hydroxyl groups is 1. The van der Waals surface area contributed by atoms with Gasteiger partial charge < -0.3 is 10.0 Å². The number of hydrogen-bond acceptors (Lipinski definition) is 4. The molecule has 122 valence electrons. The zero-order chi connectivity index (χ0) is 16.4. The second-order valence-electron chi connectivity index (χ2n) is 5.36. The first kappa shape index (κ1) is 15.8. The number of anilines is 1. The Kier molecular flexibility index (Phi) is 4.23. The second-order valence-corrected chi connectivity index (χ2v) is 7.30. The number of piperazine rings is 1. The fourth-order valence-corrected chi connectivity index (χ4v) is 4.03. The van der Waals surface area contributed by atoms with Gasteiger partial charge in [0.25, 0.3) is 0 Å². The van der Waals surface area contributed by atoms with E-state index in [9.17, 15) is 17.9 Å². The Morgan fingerprint density at radius 1 is 0.870 bits per heavy atom. The molecule has 0 amide bonds. The fourth-order valence-electron chi connectivity index (χ4n) is 2.61. The molecule has 1 N–H and O–H groups in total. The van der Waals surface area contributed by atoms with Crippen LogP contribution in [-0.4, -0.2) is 44.0 Å². The van der Waals surface area contributed by atoms with Crippen molar-refractivity contribution in [3.8, 4) is 5.75 Å². The van der Waals surface area contributed by atoms with Gasteiger partial charge in [0.15, 0.2) is 0 Å². The van der Waals surface area contributed by atoms with Gasteiger partial charge in [-0.1, -0.05) is 0 Å². The molecule has 1 fully saturated rings. The van der Waals surface area contributed by atoms with E-state index in [-0.39, 0.29) is 16.5 Å². The van der Waals surface area contributed by atoms with Crippen molar-refractivity contribution in [3.63, 3.8) is 0 Å². The third kappa shape index (κ3) is 3.30. The lowest BCUT2D eigenvalue weighted by molar-refractivity contribution is 0.385. The van der Waals surface area contributed by atoms with Crippen LogP contribution < -0.4 is 4.90 Å². The van der Waals surface area contributed by atoms with Crippen molar-refractivity contribution in [1.82, 2.24) is 4.31 Å². The molecule has 0 radical (unpaired) electrons. The number of sulfonamides is 1. The minimum Gasteiger partial charge on any atom is -0.508 e. The Morgan fingerprint density at radius 2 is 1.43 bits per heavy atom. The first-order chi connectivity index (χ1) is 11.0. The van der Waals surface area contributed by atoms with Gasteiger partial charge in [-0.15, -0.1) is 0 Å². The third-order valence-corrected chi connectivity index (χ3v) is 5.82. The van der Waals surface area contributed by atoms with Crippen LogP contribution in [0.25, 0.3) is 0 Å². The number of phenolic OH excluding ortho intramolecular Hbond substituents is 1. The maximum absolute atomic E-state index is 13.0. The van der Waals surface area contributed by atoms with Crippen LogP contribution in [0.1, 0.15) is 0 Å². The minimum absolute atomic E-state index is 0.0325. The summed E-state index contributed by atoms with van der Waals surface area (Å²) in [6, 6.07) is 11.7. The molecule has 1 heterocycles. The molecule has 3 rings (SSSR count). The van der Waals surface area contributed by atoms with E-state index in [0.717, 1.165) is 5.69 Å². The molecule has 0 aliphatic carbocycles. The summed E-state index contributed by atoms with van der Waals surface area (Å²) in [6.45, 7) is 1.81. The van der Waals surface area contributed by atoms with Gasteiger partial charge in [-0.2, -0.15) is 4.31 Å². The van der Waals surface area contributed by atoms with E-state index in [0.29, 0.717) is 26.2 Å². The molecular weight excluding hydrogens is 319 g/mol. The van der Waals surface area contributed by atoms with Gasteiger partial charge in [-0.3, -0.25) is 0 Å². The van der Waals surface area contributed by atoms with E-state index >= 15 is 0 Å². The summed E-state index contributed by atoms with van der Waals surface area (Å²) < 4.78 is 39.5.